The third kappa shape index (κ3) is 5.00. The SMILES string of the molecule is Cc1cccc(C(C)NCCC(C)S(C)=O)c1. The standard InChI is InChI=1S/C14H23NOS/c1-11-6-5-7-14(10-11)13(3)15-9-8-12(2)17(4)16/h5-7,10,12-13,15H,8-9H2,1-4H3. The van der Waals surface area contributed by atoms with Crippen LogP contribution in [0.4, 0.5) is 0 Å². The van der Waals surface area contributed by atoms with Gasteiger partial charge in [0.1, 0.15) is 0 Å². The molecule has 1 aromatic rings. The highest BCUT2D eigenvalue weighted by Gasteiger charge is 2.08. The second-order valence-electron chi connectivity index (χ2n) is 4.69. The van der Waals surface area contributed by atoms with Crippen molar-refractivity contribution in [2.45, 2.75) is 38.5 Å². The number of benzene rings is 1. The summed E-state index contributed by atoms with van der Waals surface area (Å²) in [5.41, 5.74) is 2.61. The molecule has 1 rings (SSSR count). The van der Waals surface area contributed by atoms with Crippen LogP contribution in [0, 0.1) is 6.92 Å². The van der Waals surface area contributed by atoms with Crippen molar-refractivity contribution in [3.8, 4) is 0 Å². The first-order valence-corrected chi connectivity index (χ1v) is 7.75. The van der Waals surface area contributed by atoms with E-state index in [0.717, 1.165) is 13.0 Å². The van der Waals surface area contributed by atoms with Gasteiger partial charge in [-0.15, -0.1) is 0 Å². The fourth-order valence-corrected chi connectivity index (χ4v) is 2.18. The van der Waals surface area contributed by atoms with Gasteiger partial charge in [-0.1, -0.05) is 36.8 Å². The summed E-state index contributed by atoms with van der Waals surface area (Å²) in [7, 11) is -0.713. The van der Waals surface area contributed by atoms with E-state index in [1.54, 1.807) is 6.26 Å². The molecule has 1 aromatic carbocycles. The first-order valence-electron chi connectivity index (χ1n) is 6.13. The Morgan fingerprint density at radius 2 is 2.06 bits per heavy atom. The molecule has 0 radical (unpaired) electrons. The predicted octanol–water partition coefficient (Wildman–Crippen LogP) is 2.80. The topological polar surface area (TPSA) is 29.1 Å². The zero-order valence-corrected chi connectivity index (χ0v) is 12.0. The lowest BCUT2D eigenvalue weighted by molar-refractivity contribution is 0.553. The van der Waals surface area contributed by atoms with Crippen LogP contribution < -0.4 is 5.32 Å². The van der Waals surface area contributed by atoms with Gasteiger partial charge < -0.3 is 5.32 Å². The van der Waals surface area contributed by atoms with Crippen LogP contribution in [0.15, 0.2) is 24.3 Å². The van der Waals surface area contributed by atoms with Crippen molar-refractivity contribution in [2.75, 3.05) is 12.8 Å². The van der Waals surface area contributed by atoms with Crippen molar-refractivity contribution >= 4 is 10.8 Å². The molecule has 3 heteroatoms. The van der Waals surface area contributed by atoms with Crippen LogP contribution in [0.5, 0.6) is 0 Å². The maximum atomic E-state index is 11.2. The van der Waals surface area contributed by atoms with Gasteiger partial charge in [-0.2, -0.15) is 0 Å². The van der Waals surface area contributed by atoms with Crippen molar-refractivity contribution in [1.82, 2.24) is 5.32 Å². The van der Waals surface area contributed by atoms with E-state index >= 15 is 0 Å². The Hall–Kier alpha value is -0.670. The Bertz CT molecular complexity index is 378. The third-order valence-corrected chi connectivity index (χ3v) is 4.48. The van der Waals surface area contributed by atoms with Crippen molar-refractivity contribution < 1.29 is 4.21 Å². The molecule has 0 aliphatic rings. The smallest absolute Gasteiger partial charge is 0.0329 e. The number of hydrogen-bond donors (Lipinski definition) is 1. The van der Waals surface area contributed by atoms with Crippen LogP contribution in [0.1, 0.15) is 37.4 Å². The minimum absolute atomic E-state index is 0.271. The average Bonchev–Trinajstić information content (AvgIpc) is 2.28. The molecule has 0 spiro atoms. The zero-order valence-electron chi connectivity index (χ0n) is 11.2. The van der Waals surface area contributed by atoms with Crippen LogP contribution in [0.3, 0.4) is 0 Å². The van der Waals surface area contributed by atoms with Gasteiger partial charge in [-0.3, -0.25) is 4.21 Å². The zero-order chi connectivity index (χ0) is 12.8. The minimum Gasteiger partial charge on any atom is -0.310 e. The maximum Gasteiger partial charge on any atom is 0.0329 e. The Kier molecular flexibility index (Phi) is 5.86. The average molecular weight is 253 g/mol. The summed E-state index contributed by atoms with van der Waals surface area (Å²) in [6, 6.07) is 8.91. The highest BCUT2D eigenvalue weighted by Crippen LogP contribution is 2.13. The van der Waals surface area contributed by atoms with Crippen molar-refractivity contribution in [3.05, 3.63) is 35.4 Å². The van der Waals surface area contributed by atoms with Crippen LogP contribution in [-0.2, 0) is 10.8 Å². The molecular weight excluding hydrogens is 230 g/mol. The summed E-state index contributed by atoms with van der Waals surface area (Å²) in [4.78, 5) is 0. The highest BCUT2D eigenvalue weighted by molar-refractivity contribution is 7.84. The lowest BCUT2D eigenvalue weighted by Crippen LogP contribution is -2.24. The second kappa shape index (κ2) is 6.92. The molecule has 0 amide bonds. The summed E-state index contributed by atoms with van der Waals surface area (Å²) in [5.74, 6) is 0. The molecule has 2 nitrogen and oxygen atoms in total. The summed E-state index contributed by atoms with van der Waals surface area (Å²) in [5, 5.41) is 3.75. The lowest BCUT2D eigenvalue weighted by Gasteiger charge is -2.16. The monoisotopic (exact) mass is 253 g/mol. The predicted molar refractivity (Wildman–Crippen MR) is 75.7 cm³/mol. The van der Waals surface area contributed by atoms with Crippen LogP contribution in [-0.4, -0.2) is 22.3 Å². The number of nitrogens with one attached hydrogen (secondary N) is 1. The van der Waals surface area contributed by atoms with E-state index < -0.39 is 10.8 Å². The normalized spacial score (nSPS) is 16.5. The first-order chi connectivity index (χ1) is 8.00. The minimum atomic E-state index is -0.713. The van der Waals surface area contributed by atoms with Gasteiger partial charge in [0.25, 0.3) is 0 Å². The summed E-state index contributed by atoms with van der Waals surface area (Å²) in [6.45, 7) is 7.23. The fourth-order valence-electron chi connectivity index (χ4n) is 1.73. The Morgan fingerprint density at radius 3 is 2.65 bits per heavy atom. The lowest BCUT2D eigenvalue weighted by atomic mass is 10.1. The number of hydrogen-bond acceptors (Lipinski definition) is 2. The third-order valence-electron chi connectivity index (χ3n) is 3.11. The highest BCUT2D eigenvalue weighted by atomic mass is 32.2. The molecule has 0 saturated carbocycles. The van der Waals surface area contributed by atoms with E-state index in [0.29, 0.717) is 6.04 Å². The fraction of sp³-hybridized carbons (Fsp3) is 0.571. The van der Waals surface area contributed by atoms with Gasteiger partial charge in [0, 0.05) is 28.3 Å². The molecule has 0 heterocycles. The quantitative estimate of drug-likeness (QED) is 0.844. The molecule has 3 atom stereocenters. The molecule has 0 aliphatic carbocycles. The van der Waals surface area contributed by atoms with Gasteiger partial charge >= 0.3 is 0 Å². The molecule has 3 unspecified atom stereocenters. The van der Waals surface area contributed by atoms with Crippen molar-refractivity contribution in [1.29, 1.82) is 0 Å². The molecule has 17 heavy (non-hydrogen) atoms. The molecule has 1 N–H and O–H groups in total. The van der Waals surface area contributed by atoms with Crippen molar-refractivity contribution in [2.24, 2.45) is 0 Å². The van der Waals surface area contributed by atoms with Gasteiger partial charge in [0.05, 0.1) is 0 Å². The molecule has 96 valence electrons. The Morgan fingerprint density at radius 1 is 1.35 bits per heavy atom. The molecular formula is C14H23NOS. The van der Waals surface area contributed by atoms with E-state index in [9.17, 15) is 4.21 Å². The molecule has 0 saturated heterocycles. The van der Waals surface area contributed by atoms with E-state index in [2.05, 4.69) is 43.4 Å². The van der Waals surface area contributed by atoms with E-state index in [4.69, 9.17) is 0 Å². The van der Waals surface area contributed by atoms with E-state index in [1.807, 2.05) is 6.92 Å². The van der Waals surface area contributed by atoms with Crippen molar-refractivity contribution in [3.63, 3.8) is 0 Å². The summed E-state index contributed by atoms with van der Waals surface area (Å²) < 4.78 is 11.2. The molecule has 0 aromatic heterocycles. The summed E-state index contributed by atoms with van der Waals surface area (Å²) in [6.07, 6.45) is 2.73. The molecule has 0 aliphatic heterocycles. The molecule has 0 bridgehead atoms. The Balaban J connectivity index is 2.40. The van der Waals surface area contributed by atoms with Crippen LogP contribution in [0.2, 0.25) is 0 Å². The molecule has 0 fully saturated rings. The van der Waals surface area contributed by atoms with Gasteiger partial charge in [0.15, 0.2) is 0 Å². The summed E-state index contributed by atoms with van der Waals surface area (Å²) >= 11 is 0. The second-order valence-corrected chi connectivity index (χ2v) is 6.49. The first kappa shape index (κ1) is 14.4. The van der Waals surface area contributed by atoms with Crippen LogP contribution in [0.25, 0.3) is 0 Å². The van der Waals surface area contributed by atoms with Crippen LogP contribution >= 0.6 is 0 Å². The largest absolute Gasteiger partial charge is 0.310 e. The van der Waals surface area contributed by atoms with Gasteiger partial charge in [-0.25, -0.2) is 0 Å². The maximum absolute atomic E-state index is 11.2. The number of aryl methyl sites for hydroxylation is 1. The van der Waals surface area contributed by atoms with Gasteiger partial charge in [0.2, 0.25) is 0 Å². The van der Waals surface area contributed by atoms with E-state index in [-0.39, 0.29) is 5.25 Å². The van der Waals surface area contributed by atoms with E-state index in [1.165, 1.54) is 11.1 Å². The number of rotatable bonds is 6. The Labute approximate surface area is 107 Å². The van der Waals surface area contributed by atoms with Gasteiger partial charge in [-0.05, 0) is 32.4 Å².